The quantitative estimate of drug-likeness (QED) is 0.305. The third-order valence-electron chi connectivity index (χ3n) is 3.21. The number of sulfonamides is 1. The molecule has 0 bridgehead atoms. The maximum Gasteiger partial charge on any atom is 0.293 e. The molecule has 1 aromatic rings. The minimum Gasteiger partial charge on any atom is -0.396 e. The van der Waals surface area contributed by atoms with E-state index in [9.17, 15) is 18.5 Å². The maximum atomic E-state index is 12.0. The Balaban J connectivity index is 2.84. The zero-order chi connectivity index (χ0) is 17.3. The van der Waals surface area contributed by atoms with Crippen LogP contribution in [-0.2, 0) is 10.0 Å². The molecule has 7 nitrogen and oxygen atoms in total. The van der Waals surface area contributed by atoms with E-state index in [1.165, 1.54) is 18.2 Å². The summed E-state index contributed by atoms with van der Waals surface area (Å²) in [6, 6.07) is 5.78. The Bertz CT molecular complexity index is 643. The molecule has 0 saturated carbocycles. The van der Waals surface area contributed by atoms with Crippen LogP contribution in [0.1, 0.15) is 25.7 Å². The number of aliphatic hydroxyl groups is 1. The predicted octanol–water partition coefficient (Wildman–Crippen LogP) is 2.47. The van der Waals surface area contributed by atoms with Crippen molar-refractivity contribution in [1.82, 2.24) is 0 Å². The topological polar surface area (TPSA) is 101 Å². The lowest BCUT2D eigenvalue weighted by Crippen LogP contribution is -2.30. The number of aliphatic hydroxyl groups excluding tert-OH is 1. The van der Waals surface area contributed by atoms with Crippen molar-refractivity contribution >= 4 is 21.4 Å². The van der Waals surface area contributed by atoms with Gasteiger partial charge in [0.2, 0.25) is 10.0 Å². The molecular formula is C15H22N2O5S. The van der Waals surface area contributed by atoms with Gasteiger partial charge >= 0.3 is 0 Å². The van der Waals surface area contributed by atoms with Crippen molar-refractivity contribution in [3.05, 3.63) is 46.5 Å². The minimum absolute atomic E-state index is 0.0453. The van der Waals surface area contributed by atoms with E-state index in [-0.39, 0.29) is 24.5 Å². The van der Waals surface area contributed by atoms with Crippen LogP contribution in [0.4, 0.5) is 11.4 Å². The Morgan fingerprint density at radius 3 is 2.52 bits per heavy atom. The molecule has 0 fully saturated rings. The van der Waals surface area contributed by atoms with E-state index >= 15 is 0 Å². The molecule has 128 valence electrons. The van der Waals surface area contributed by atoms with Gasteiger partial charge in [-0.3, -0.25) is 14.4 Å². The standard InChI is InChI=1S/C15H22N2O5S/c1-23(21,22)16(12-8-4-2-3-5-9-13-18)14-10-6-7-11-15(14)17(19)20/h4,6-8,10-11,18H,2-3,5,9,12-13H2,1H3/b8-4+. The van der Waals surface area contributed by atoms with Gasteiger partial charge in [0.1, 0.15) is 5.69 Å². The summed E-state index contributed by atoms with van der Waals surface area (Å²) < 4.78 is 24.9. The van der Waals surface area contributed by atoms with Crippen LogP contribution in [0.2, 0.25) is 0 Å². The van der Waals surface area contributed by atoms with E-state index in [0.29, 0.717) is 0 Å². The van der Waals surface area contributed by atoms with Crippen LogP contribution in [0.3, 0.4) is 0 Å². The van der Waals surface area contributed by atoms with Crippen molar-refractivity contribution < 1.29 is 18.4 Å². The lowest BCUT2D eigenvalue weighted by molar-refractivity contribution is -0.384. The lowest BCUT2D eigenvalue weighted by atomic mass is 10.2. The SMILES string of the molecule is CS(=O)(=O)N(C/C=C/CCCCCO)c1ccccc1[N+](=O)[O-]. The summed E-state index contributed by atoms with van der Waals surface area (Å²) >= 11 is 0. The van der Waals surface area contributed by atoms with Crippen molar-refractivity contribution in [2.45, 2.75) is 25.7 Å². The molecule has 0 aliphatic carbocycles. The van der Waals surface area contributed by atoms with Gasteiger partial charge in [0.05, 0.1) is 17.7 Å². The fourth-order valence-electron chi connectivity index (χ4n) is 2.08. The first-order valence-corrected chi connectivity index (χ1v) is 9.19. The molecule has 0 aliphatic rings. The average Bonchev–Trinajstić information content (AvgIpc) is 2.49. The van der Waals surface area contributed by atoms with Gasteiger partial charge in [0.25, 0.3) is 5.69 Å². The smallest absolute Gasteiger partial charge is 0.293 e. The molecule has 0 amide bonds. The number of para-hydroxylation sites is 2. The van der Waals surface area contributed by atoms with Crippen molar-refractivity contribution in [2.24, 2.45) is 0 Å². The fourth-order valence-corrected chi connectivity index (χ4v) is 2.95. The molecule has 8 heteroatoms. The van der Waals surface area contributed by atoms with Gasteiger partial charge in [-0.2, -0.15) is 0 Å². The highest BCUT2D eigenvalue weighted by Crippen LogP contribution is 2.29. The van der Waals surface area contributed by atoms with Gasteiger partial charge < -0.3 is 5.11 Å². The van der Waals surface area contributed by atoms with E-state index in [2.05, 4.69) is 0 Å². The third kappa shape index (κ3) is 6.37. The van der Waals surface area contributed by atoms with Crippen molar-refractivity contribution in [2.75, 3.05) is 23.7 Å². The molecule has 0 atom stereocenters. The molecule has 0 spiro atoms. The molecule has 1 N–H and O–H groups in total. The summed E-state index contributed by atoms with van der Waals surface area (Å²) in [5.74, 6) is 0. The molecule has 0 saturated heterocycles. The fraction of sp³-hybridized carbons (Fsp3) is 0.467. The number of allylic oxidation sites excluding steroid dienone is 1. The Labute approximate surface area is 136 Å². The summed E-state index contributed by atoms with van der Waals surface area (Å²) in [7, 11) is -3.63. The highest BCUT2D eigenvalue weighted by Gasteiger charge is 2.24. The van der Waals surface area contributed by atoms with Gasteiger partial charge in [0.15, 0.2) is 0 Å². The number of hydrogen-bond acceptors (Lipinski definition) is 5. The Kier molecular flexibility index (Phi) is 7.70. The summed E-state index contributed by atoms with van der Waals surface area (Å²) in [5, 5.41) is 19.8. The van der Waals surface area contributed by atoms with Crippen molar-refractivity contribution in [1.29, 1.82) is 0 Å². The highest BCUT2D eigenvalue weighted by atomic mass is 32.2. The second-order valence-corrected chi connectivity index (χ2v) is 6.99. The molecule has 0 aliphatic heterocycles. The molecule has 1 aromatic carbocycles. The van der Waals surface area contributed by atoms with Crippen LogP contribution in [0.25, 0.3) is 0 Å². The number of unbranched alkanes of at least 4 members (excludes halogenated alkanes) is 3. The monoisotopic (exact) mass is 342 g/mol. The lowest BCUT2D eigenvalue weighted by Gasteiger charge is -2.20. The van der Waals surface area contributed by atoms with Gasteiger partial charge in [-0.05, 0) is 25.3 Å². The van der Waals surface area contributed by atoms with Crippen LogP contribution in [-0.4, -0.2) is 37.9 Å². The number of hydrogen-bond donors (Lipinski definition) is 1. The number of nitrogens with zero attached hydrogens (tertiary/aromatic N) is 2. The van der Waals surface area contributed by atoms with Gasteiger partial charge in [-0.25, -0.2) is 8.42 Å². The van der Waals surface area contributed by atoms with Crippen LogP contribution in [0.15, 0.2) is 36.4 Å². The first-order valence-electron chi connectivity index (χ1n) is 7.35. The molecule has 0 unspecified atom stereocenters. The molecule has 23 heavy (non-hydrogen) atoms. The number of nitro benzene ring substituents is 1. The molecule has 0 aromatic heterocycles. The molecule has 1 rings (SSSR count). The predicted molar refractivity (Wildman–Crippen MR) is 90.0 cm³/mol. The zero-order valence-corrected chi connectivity index (χ0v) is 13.9. The Morgan fingerprint density at radius 1 is 1.22 bits per heavy atom. The second kappa shape index (κ2) is 9.26. The summed E-state index contributed by atoms with van der Waals surface area (Å²) in [5.41, 5.74) is -0.181. The first kappa shape index (κ1) is 19.1. The molecule has 0 heterocycles. The second-order valence-electron chi connectivity index (χ2n) is 5.08. The van der Waals surface area contributed by atoms with Gasteiger partial charge in [0, 0.05) is 12.7 Å². The van der Waals surface area contributed by atoms with Crippen LogP contribution in [0.5, 0.6) is 0 Å². The average molecular weight is 342 g/mol. The van der Waals surface area contributed by atoms with Gasteiger partial charge in [-0.1, -0.05) is 30.7 Å². The summed E-state index contributed by atoms with van der Waals surface area (Å²) in [6.07, 6.45) is 7.90. The number of benzene rings is 1. The Hall–Kier alpha value is -1.93. The normalized spacial score (nSPS) is 11.7. The number of nitro groups is 1. The highest BCUT2D eigenvalue weighted by molar-refractivity contribution is 7.92. The summed E-state index contributed by atoms with van der Waals surface area (Å²) in [6.45, 7) is 0.215. The Morgan fingerprint density at radius 2 is 1.91 bits per heavy atom. The zero-order valence-electron chi connectivity index (χ0n) is 13.1. The minimum atomic E-state index is -3.63. The van der Waals surface area contributed by atoms with E-state index in [1.54, 1.807) is 12.1 Å². The van der Waals surface area contributed by atoms with Crippen LogP contribution >= 0.6 is 0 Å². The molecular weight excluding hydrogens is 320 g/mol. The van der Waals surface area contributed by atoms with Crippen LogP contribution < -0.4 is 4.31 Å². The van der Waals surface area contributed by atoms with E-state index in [0.717, 1.165) is 36.2 Å². The first-order chi connectivity index (χ1) is 10.9. The van der Waals surface area contributed by atoms with E-state index < -0.39 is 14.9 Å². The van der Waals surface area contributed by atoms with Crippen LogP contribution in [0, 0.1) is 10.1 Å². The summed E-state index contributed by atoms with van der Waals surface area (Å²) in [4.78, 5) is 10.5. The molecule has 0 radical (unpaired) electrons. The van der Waals surface area contributed by atoms with E-state index in [1.807, 2.05) is 6.08 Å². The van der Waals surface area contributed by atoms with Gasteiger partial charge in [-0.15, -0.1) is 0 Å². The van der Waals surface area contributed by atoms with Crippen molar-refractivity contribution in [3.63, 3.8) is 0 Å². The van der Waals surface area contributed by atoms with Crippen molar-refractivity contribution in [3.8, 4) is 0 Å². The largest absolute Gasteiger partial charge is 0.396 e. The third-order valence-corrected chi connectivity index (χ3v) is 4.36. The number of rotatable bonds is 10. The number of anilines is 1. The maximum absolute atomic E-state index is 12.0. The van der Waals surface area contributed by atoms with E-state index in [4.69, 9.17) is 5.11 Å².